The summed E-state index contributed by atoms with van der Waals surface area (Å²) in [6.07, 6.45) is 5.37. The van der Waals surface area contributed by atoms with Crippen molar-refractivity contribution in [2.75, 3.05) is 26.2 Å². The van der Waals surface area contributed by atoms with E-state index in [9.17, 15) is 9.59 Å². The van der Waals surface area contributed by atoms with Crippen molar-refractivity contribution in [1.82, 2.24) is 5.32 Å². The summed E-state index contributed by atoms with van der Waals surface area (Å²) < 4.78 is 21.9. The molecule has 1 aromatic heterocycles. The molecule has 1 atom stereocenters. The number of methoxy groups -OCH3 is 3. The van der Waals surface area contributed by atoms with Gasteiger partial charge in [0.1, 0.15) is 11.8 Å². The molecule has 3 aromatic rings. The maximum atomic E-state index is 13.9. The Morgan fingerprint density at radius 2 is 1.63 bits per heavy atom. The van der Waals surface area contributed by atoms with E-state index < -0.39 is 11.9 Å². The molecule has 0 unspecified atom stereocenters. The number of ether oxygens (including phenoxy) is 3. The van der Waals surface area contributed by atoms with Gasteiger partial charge in [-0.2, -0.15) is 0 Å². The van der Waals surface area contributed by atoms with E-state index in [0.717, 1.165) is 25.7 Å². The van der Waals surface area contributed by atoms with Crippen LogP contribution >= 0.6 is 0 Å². The van der Waals surface area contributed by atoms with Crippen LogP contribution in [-0.2, 0) is 4.79 Å². The molecule has 2 aromatic carbocycles. The Balaban J connectivity index is 1.88. The number of anilines is 1. The first-order valence-corrected chi connectivity index (χ1v) is 11.6. The molecule has 4 rings (SSSR count). The third-order valence-corrected chi connectivity index (χ3v) is 6.23. The van der Waals surface area contributed by atoms with Crippen LogP contribution in [0, 0.1) is 0 Å². The first-order chi connectivity index (χ1) is 17.1. The van der Waals surface area contributed by atoms with Crippen molar-refractivity contribution in [3.63, 3.8) is 0 Å². The van der Waals surface area contributed by atoms with Gasteiger partial charge < -0.3 is 23.9 Å². The van der Waals surface area contributed by atoms with Crippen LogP contribution in [-0.4, -0.2) is 39.2 Å². The number of hydrogen-bond acceptors (Lipinski definition) is 6. The number of rotatable bonds is 9. The molecule has 1 saturated carbocycles. The van der Waals surface area contributed by atoms with Gasteiger partial charge in [-0.25, -0.2) is 0 Å². The van der Waals surface area contributed by atoms with E-state index in [4.69, 9.17) is 18.6 Å². The summed E-state index contributed by atoms with van der Waals surface area (Å²) in [6.45, 7) is 0. The second-order valence-electron chi connectivity index (χ2n) is 8.33. The lowest BCUT2D eigenvalue weighted by atomic mass is 10.0. The van der Waals surface area contributed by atoms with Crippen molar-refractivity contribution < 1.29 is 28.2 Å². The zero-order chi connectivity index (χ0) is 24.8. The van der Waals surface area contributed by atoms with Gasteiger partial charge >= 0.3 is 0 Å². The van der Waals surface area contributed by atoms with E-state index in [1.807, 2.05) is 6.07 Å². The number of para-hydroxylation sites is 2. The van der Waals surface area contributed by atoms with Crippen molar-refractivity contribution in [3.8, 4) is 17.2 Å². The van der Waals surface area contributed by atoms with Crippen LogP contribution in [0.3, 0.4) is 0 Å². The first kappa shape index (κ1) is 24.2. The predicted octanol–water partition coefficient (Wildman–Crippen LogP) is 4.75. The monoisotopic (exact) mass is 478 g/mol. The molecule has 1 N–H and O–H groups in total. The molecule has 0 spiro atoms. The van der Waals surface area contributed by atoms with E-state index >= 15 is 0 Å². The Kier molecular flexibility index (Phi) is 7.60. The quantitative estimate of drug-likeness (QED) is 0.477. The number of carbonyl (C=O) groups is 2. The summed E-state index contributed by atoms with van der Waals surface area (Å²) in [5, 5.41) is 3.16. The number of carbonyl (C=O) groups excluding carboxylic acids is 2. The first-order valence-electron chi connectivity index (χ1n) is 11.6. The lowest BCUT2D eigenvalue weighted by Gasteiger charge is -2.32. The molecule has 8 heteroatoms. The van der Waals surface area contributed by atoms with Gasteiger partial charge in [0, 0.05) is 6.04 Å². The van der Waals surface area contributed by atoms with Gasteiger partial charge in [0.2, 0.25) is 5.91 Å². The Labute approximate surface area is 204 Å². The van der Waals surface area contributed by atoms with Gasteiger partial charge in [0.05, 0.1) is 33.3 Å². The van der Waals surface area contributed by atoms with Gasteiger partial charge in [-0.15, -0.1) is 0 Å². The number of nitrogens with zero attached hydrogens (tertiary/aromatic N) is 1. The van der Waals surface area contributed by atoms with Crippen molar-refractivity contribution in [3.05, 3.63) is 72.2 Å². The smallest absolute Gasteiger partial charge is 0.295 e. The fraction of sp³-hybridized carbons (Fsp3) is 0.333. The second kappa shape index (κ2) is 11.0. The average molecular weight is 479 g/mol. The summed E-state index contributed by atoms with van der Waals surface area (Å²) in [5.41, 5.74) is 1.00. The lowest BCUT2D eigenvalue weighted by molar-refractivity contribution is -0.123. The van der Waals surface area contributed by atoms with Crippen molar-refractivity contribution in [2.24, 2.45) is 0 Å². The summed E-state index contributed by atoms with van der Waals surface area (Å²) >= 11 is 0. The van der Waals surface area contributed by atoms with E-state index in [0.29, 0.717) is 28.5 Å². The van der Waals surface area contributed by atoms with Crippen LogP contribution < -0.4 is 24.4 Å². The van der Waals surface area contributed by atoms with Crippen LogP contribution in [0.25, 0.3) is 0 Å². The molecule has 0 saturated heterocycles. The number of amides is 2. The van der Waals surface area contributed by atoms with E-state index in [-0.39, 0.29) is 17.7 Å². The van der Waals surface area contributed by atoms with Crippen LogP contribution in [0.1, 0.15) is 47.8 Å². The highest BCUT2D eigenvalue weighted by atomic mass is 16.5. The van der Waals surface area contributed by atoms with Gasteiger partial charge in [0.25, 0.3) is 5.91 Å². The summed E-state index contributed by atoms with van der Waals surface area (Å²) in [5.74, 6) is 0.763. The molecule has 1 aliphatic rings. The third kappa shape index (κ3) is 5.11. The Morgan fingerprint density at radius 1 is 0.914 bits per heavy atom. The number of benzene rings is 2. The van der Waals surface area contributed by atoms with Gasteiger partial charge in [-0.05, 0) is 54.8 Å². The fourth-order valence-electron chi connectivity index (χ4n) is 4.50. The van der Waals surface area contributed by atoms with Gasteiger partial charge in [-0.3, -0.25) is 14.5 Å². The highest BCUT2D eigenvalue weighted by Crippen LogP contribution is 2.39. The minimum absolute atomic E-state index is 0.0587. The molecule has 1 heterocycles. The molecule has 0 bridgehead atoms. The Bertz CT molecular complexity index is 1150. The molecule has 1 aliphatic carbocycles. The molecule has 1 fully saturated rings. The number of nitrogens with one attached hydrogen (secondary N) is 1. The average Bonchev–Trinajstić information content (AvgIpc) is 3.61. The molecule has 2 amide bonds. The zero-order valence-corrected chi connectivity index (χ0v) is 20.2. The van der Waals surface area contributed by atoms with Crippen LogP contribution in [0.15, 0.2) is 65.3 Å². The standard InChI is InChI=1S/C27H30N2O6/c1-32-21-12-7-6-11-20(21)29(27(31)23-13-8-16-35-23)25(26(30)28-19-9-4-5-10-19)18-14-15-22(33-2)24(17-18)34-3/h6-8,11-17,19,25H,4-5,9-10H2,1-3H3,(H,28,30)/t25-/m0/s1. The second-order valence-corrected chi connectivity index (χ2v) is 8.33. The molecule has 184 valence electrons. The van der Waals surface area contributed by atoms with E-state index in [1.54, 1.807) is 55.6 Å². The topological polar surface area (TPSA) is 90.2 Å². The summed E-state index contributed by atoms with van der Waals surface area (Å²) in [4.78, 5) is 29.2. The summed E-state index contributed by atoms with van der Waals surface area (Å²) in [6, 6.07) is 14.5. The molecule has 8 nitrogen and oxygen atoms in total. The number of furan rings is 1. The largest absolute Gasteiger partial charge is 0.495 e. The number of hydrogen-bond donors (Lipinski definition) is 1. The minimum Gasteiger partial charge on any atom is -0.495 e. The Morgan fingerprint density at radius 3 is 2.29 bits per heavy atom. The molecule has 0 aliphatic heterocycles. The van der Waals surface area contributed by atoms with Gasteiger partial charge in [-0.1, -0.05) is 31.0 Å². The lowest BCUT2D eigenvalue weighted by Crippen LogP contribution is -2.46. The molecule has 0 radical (unpaired) electrons. The van der Waals surface area contributed by atoms with Crippen molar-refractivity contribution in [2.45, 2.75) is 37.8 Å². The molecular weight excluding hydrogens is 448 g/mol. The SMILES string of the molecule is COc1ccc([C@@H](C(=O)NC2CCCC2)N(C(=O)c2ccco2)c2ccccc2OC)cc1OC. The highest BCUT2D eigenvalue weighted by Gasteiger charge is 2.37. The van der Waals surface area contributed by atoms with Crippen LogP contribution in [0.4, 0.5) is 5.69 Å². The van der Waals surface area contributed by atoms with E-state index in [1.165, 1.54) is 25.4 Å². The highest BCUT2D eigenvalue weighted by molar-refractivity contribution is 6.09. The van der Waals surface area contributed by atoms with Crippen molar-refractivity contribution >= 4 is 17.5 Å². The van der Waals surface area contributed by atoms with Crippen LogP contribution in [0.2, 0.25) is 0 Å². The zero-order valence-electron chi connectivity index (χ0n) is 20.2. The molecular formula is C27H30N2O6. The minimum atomic E-state index is -1.02. The maximum absolute atomic E-state index is 13.9. The van der Waals surface area contributed by atoms with E-state index in [2.05, 4.69) is 5.32 Å². The van der Waals surface area contributed by atoms with Crippen molar-refractivity contribution in [1.29, 1.82) is 0 Å². The van der Waals surface area contributed by atoms with Gasteiger partial charge in [0.15, 0.2) is 17.3 Å². The maximum Gasteiger partial charge on any atom is 0.295 e. The Hall–Kier alpha value is -3.94. The summed E-state index contributed by atoms with van der Waals surface area (Å²) in [7, 11) is 4.60. The predicted molar refractivity (Wildman–Crippen MR) is 131 cm³/mol. The molecule has 35 heavy (non-hydrogen) atoms. The van der Waals surface area contributed by atoms with Crippen LogP contribution in [0.5, 0.6) is 17.2 Å². The fourth-order valence-corrected chi connectivity index (χ4v) is 4.50. The normalized spacial score (nSPS) is 14.3. The third-order valence-electron chi connectivity index (χ3n) is 6.23.